The van der Waals surface area contributed by atoms with Crippen molar-refractivity contribution in [2.24, 2.45) is 0 Å². The Morgan fingerprint density at radius 3 is 2.50 bits per heavy atom. The standard InChI is InChI=1S/C10H14N2O4/c1-4-15-9(13)8-6-7(3)11-12(8)10(14)16-5-2/h6H,4-5H2,1-3H3. The normalized spacial score (nSPS) is 9.94. The van der Waals surface area contributed by atoms with Crippen LogP contribution in [0.4, 0.5) is 4.79 Å². The summed E-state index contributed by atoms with van der Waals surface area (Å²) in [5.41, 5.74) is 0.633. The number of aryl methyl sites for hydroxylation is 1. The van der Waals surface area contributed by atoms with Crippen molar-refractivity contribution in [3.63, 3.8) is 0 Å². The van der Waals surface area contributed by atoms with Crippen molar-refractivity contribution in [2.45, 2.75) is 20.8 Å². The van der Waals surface area contributed by atoms with Gasteiger partial charge in [-0.05, 0) is 26.8 Å². The summed E-state index contributed by atoms with van der Waals surface area (Å²) in [7, 11) is 0. The number of nitrogens with zero attached hydrogens (tertiary/aromatic N) is 2. The van der Waals surface area contributed by atoms with Crippen molar-refractivity contribution < 1.29 is 19.1 Å². The predicted octanol–water partition coefficient (Wildman–Crippen LogP) is 1.37. The number of rotatable bonds is 3. The fourth-order valence-electron chi connectivity index (χ4n) is 1.17. The Labute approximate surface area is 93.1 Å². The summed E-state index contributed by atoms with van der Waals surface area (Å²) >= 11 is 0. The Balaban J connectivity index is 2.99. The van der Waals surface area contributed by atoms with Gasteiger partial charge in [0.1, 0.15) is 0 Å². The molecule has 1 aromatic heterocycles. The molecule has 1 rings (SSSR count). The van der Waals surface area contributed by atoms with Crippen molar-refractivity contribution in [3.8, 4) is 0 Å². The van der Waals surface area contributed by atoms with Crippen molar-refractivity contribution in [3.05, 3.63) is 17.5 Å². The molecular weight excluding hydrogens is 212 g/mol. The number of hydrogen-bond donors (Lipinski definition) is 0. The fourth-order valence-corrected chi connectivity index (χ4v) is 1.17. The zero-order chi connectivity index (χ0) is 12.1. The smallest absolute Gasteiger partial charge is 0.435 e. The number of carbonyl (C=O) groups is 2. The topological polar surface area (TPSA) is 70.4 Å². The molecule has 0 saturated heterocycles. The zero-order valence-corrected chi connectivity index (χ0v) is 9.52. The number of carbonyl (C=O) groups excluding carboxylic acids is 2. The van der Waals surface area contributed by atoms with E-state index in [1.807, 2.05) is 0 Å². The van der Waals surface area contributed by atoms with Gasteiger partial charge < -0.3 is 9.47 Å². The average molecular weight is 226 g/mol. The largest absolute Gasteiger partial charge is 0.461 e. The molecule has 88 valence electrons. The number of ether oxygens (including phenoxy) is 2. The van der Waals surface area contributed by atoms with Gasteiger partial charge in [-0.3, -0.25) is 0 Å². The molecule has 6 heteroatoms. The van der Waals surface area contributed by atoms with Gasteiger partial charge in [0.15, 0.2) is 5.69 Å². The van der Waals surface area contributed by atoms with Gasteiger partial charge in [-0.2, -0.15) is 9.78 Å². The Hall–Kier alpha value is -1.85. The number of aromatic nitrogens is 2. The Morgan fingerprint density at radius 1 is 1.31 bits per heavy atom. The molecule has 0 fully saturated rings. The molecule has 0 bridgehead atoms. The van der Waals surface area contributed by atoms with Crippen LogP contribution in [0.5, 0.6) is 0 Å². The van der Waals surface area contributed by atoms with E-state index in [0.29, 0.717) is 5.69 Å². The molecule has 0 spiro atoms. The maximum atomic E-state index is 11.5. The van der Waals surface area contributed by atoms with Gasteiger partial charge in [0, 0.05) is 0 Å². The summed E-state index contributed by atoms with van der Waals surface area (Å²) in [6, 6.07) is 1.48. The van der Waals surface area contributed by atoms with E-state index in [0.717, 1.165) is 4.68 Å². The molecule has 1 aromatic rings. The third kappa shape index (κ3) is 2.59. The van der Waals surface area contributed by atoms with Crippen LogP contribution >= 0.6 is 0 Å². The molecule has 0 unspecified atom stereocenters. The second kappa shape index (κ2) is 5.29. The van der Waals surface area contributed by atoms with Crippen LogP contribution in [0.2, 0.25) is 0 Å². The summed E-state index contributed by atoms with van der Waals surface area (Å²) in [5, 5.41) is 3.87. The van der Waals surface area contributed by atoms with E-state index >= 15 is 0 Å². The molecule has 0 aliphatic carbocycles. The van der Waals surface area contributed by atoms with Crippen LogP contribution in [0.3, 0.4) is 0 Å². The van der Waals surface area contributed by atoms with E-state index in [2.05, 4.69) is 5.10 Å². The first-order valence-corrected chi connectivity index (χ1v) is 5.01. The lowest BCUT2D eigenvalue weighted by Crippen LogP contribution is -2.21. The molecule has 6 nitrogen and oxygen atoms in total. The van der Waals surface area contributed by atoms with Gasteiger partial charge in [-0.1, -0.05) is 0 Å². The number of esters is 1. The molecule has 0 amide bonds. The van der Waals surface area contributed by atoms with Crippen molar-refractivity contribution >= 4 is 12.1 Å². The van der Waals surface area contributed by atoms with Crippen molar-refractivity contribution in [1.82, 2.24) is 9.78 Å². The fraction of sp³-hybridized carbons (Fsp3) is 0.500. The summed E-state index contributed by atoms with van der Waals surface area (Å²) in [5.74, 6) is -0.587. The van der Waals surface area contributed by atoms with Crippen LogP contribution in [0.15, 0.2) is 6.07 Å². The van der Waals surface area contributed by atoms with Gasteiger partial charge in [0.2, 0.25) is 0 Å². The average Bonchev–Trinajstić information content (AvgIpc) is 2.61. The van der Waals surface area contributed by atoms with Crippen LogP contribution < -0.4 is 0 Å². The van der Waals surface area contributed by atoms with E-state index in [-0.39, 0.29) is 18.9 Å². The highest BCUT2D eigenvalue weighted by Gasteiger charge is 2.20. The Morgan fingerprint density at radius 2 is 1.94 bits per heavy atom. The molecule has 1 heterocycles. The first kappa shape index (κ1) is 12.2. The van der Waals surface area contributed by atoms with Gasteiger partial charge in [0.25, 0.3) is 0 Å². The molecule has 0 aliphatic heterocycles. The first-order valence-electron chi connectivity index (χ1n) is 5.01. The van der Waals surface area contributed by atoms with E-state index < -0.39 is 12.1 Å². The SMILES string of the molecule is CCOC(=O)c1cc(C)nn1C(=O)OCC. The minimum Gasteiger partial charge on any atom is -0.461 e. The Kier molecular flexibility index (Phi) is 4.04. The maximum Gasteiger partial charge on any atom is 0.435 e. The highest BCUT2D eigenvalue weighted by molar-refractivity contribution is 5.91. The highest BCUT2D eigenvalue weighted by atomic mass is 16.6. The van der Waals surface area contributed by atoms with Crippen molar-refractivity contribution in [2.75, 3.05) is 13.2 Å². The lowest BCUT2D eigenvalue weighted by molar-refractivity contribution is 0.0509. The third-order valence-corrected chi connectivity index (χ3v) is 1.76. The molecular formula is C10H14N2O4. The lowest BCUT2D eigenvalue weighted by atomic mass is 10.4. The van der Waals surface area contributed by atoms with Crippen molar-refractivity contribution in [1.29, 1.82) is 0 Å². The molecule has 0 saturated carbocycles. The van der Waals surface area contributed by atoms with Crippen LogP contribution in [-0.2, 0) is 9.47 Å². The highest BCUT2D eigenvalue weighted by Crippen LogP contribution is 2.06. The van der Waals surface area contributed by atoms with Crippen LogP contribution in [0.1, 0.15) is 30.0 Å². The van der Waals surface area contributed by atoms with E-state index in [1.165, 1.54) is 6.07 Å². The van der Waals surface area contributed by atoms with Gasteiger partial charge in [-0.25, -0.2) is 9.59 Å². The van der Waals surface area contributed by atoms with Gasteiger partial charge in [-0.15, -0.1) is 0 Å². The second-order valence-corrected chi connectivity index (χ2v) is 3.00. The molecule has 0 aromatic carbocycles. The minimum absolute atomic E-state index is 0.0813. The zero-order valence-electron chi connectivity index (χ0n) is 9.52. The summed E-state index contributed by atoms with van der Waals surface area (Å²) in [6.45, 7) is 5.51. The van der Waals surface area contributed by atoms with Crippen LogP contribution in [-0.4, -0.2) is 35.1 Å². The molecule has 0 radical (unpaired) electrons. The summed E-state index contributed by atoms with van der Waals surface area (Å²) in [6.07, 6.45) is -0.682. The second-order valence-electron chi connectivity index (χ2n) is 3.00. The third-order valence-electron chi connectivity index (χ3n) is 1.76. The molecule has 0 atom stereocenters. The molecule has 0 aliphatic rings. The maximum absolute atomic E-state index is 11.5. The lowest BCUT2D eigenvalue weighted by Gasteiger charge is -2.04. The summed E-state index contributed by atoms with van der Waals surface area (Å²) < 4.78 is 10.5. The van der Waals surface area contributed by atoms with Gasteiger partial charge >= 0.3 is 12.1 Å². The van der Waals surface area contributed by atoms with Crippen LogP contribution in [0.25, 0.3) is 0 Å². The van der Waals surface area contributed by atoms with E-state index in [1.54, 1.807) is 20.8 Å². The monoisotopic (exact) mass is 226 g/mol. The molecule has 16 heavy (non-hydrogen) atoms. The first-order chi connectivity index (χ1) is 7.60. The number of hydrogen-bond acceptors (Lipinski definition) is 5. The van der Waals surface area contributed by atoms with E-state index in [4.69, 9.17) is 9.47 Å². The van der Waals surface area contributed by atoms with Gasteiger partial charge in [0.05, 0.1) is 18.9 Å². The van der Waals surface area contributed by atoms with Crippen LogP contribution in [0, 0.1) is 6.92 Å². The summed E-state index contributed by atoms with van der Waals surface area (Å²) in [4.78, 5) is 23.0. The molecule has 0 N–H and O–H groups in total. The van der Waals surface area contributed by atoms with E-state index in [9.17, 15) is 9.59 Å². The minimum atomic E-state index is -0.682. The Bertz CT molecular complexity index is 362. The quantitative estimate of drug-likeness (QED) is 0.728. The predicted molar refractivity (Wildman–Crippen MR) is 55.3 cm³/mol.